The lowest BCUT2D eigenvalue weighted by atomic mass is 10.1. The van der Waals surface area contributed by atoms with Gasteiger partial charge in [0.15, 0.2) is 12.4 Å². The highest BCUT2D eigenvalue weighted by molar-refractivity contribution is 6.01. The van der Waals surface area contributed by atoms with Crippen molar-refractivity contribution in [1.29, 1.82) is 0 Å². The molecule has 6 heteroatoms. The third-order valence-electron chi connectivity index (χ3n) is 4.56. The van der Waals surface area contributed by atoms with Gasteiger partial charge in [0.05, 0.1) is 12.2 Å². The van der Waals surface area contributed by atoms with E-state index in [4.69, 9.17) is 9.47 Å². The zero-order valence-corrected chi connectivity index (χ0v) is 16.7. The number of carbonyl (C=O) groups is 3. The van der Waals surface area contributed by atoms with E-state index in [1.807, 2.05) is 0 Å². The lowest BCUT2D eigenvalue weighted by molar-refractivity contribution is -0.117. The Bertz CT molecular complexity index is 888. The topological polar surface area (TPSA) is 72.9 Å². The lowest BCUT2D eigenvalue weighted by Gasteiger charge is -2.16. The molecule has 1 aliphatic rings. The van der Waals surface area contributed by atoms with Crippen LogP contribution in [0.25, 0.3) is 0 Å². The monoisotopic (exact) mass is 395 g/mol. The zero-order chi connectivity index (χ0) is 20.8. The molecule has 152 valence electrons. The lowest BCUT2D eigenvalue weighted by Crippen LogP contribution is -2.24. The Morgan fingerprint density at radius 1 is 1.07 bits per heavy atom. The molecule has 0 spiro atoms. The molecular formula is C23H25NO5. The van der Waals surface area contributed by atoms with Gasteiger partial charge >= 0.3 is 5.97 Å². The van der Waals surface area contributed by atoms with Crippen molar-refractivity contribution < 1.29 is 23.9 Å². The molecule has 0 aliphatic carbocycles. The van der Waals surface area contributed by atoms with Crippen LogP contribution in [0.1, 0.15) is 47.4 Å². The molecule has 29 heavy (non-hydrogen) atoms. The third kappa shape index (κ3) is 5.44. The fourth-order valence-corrected chi connectivity index (χ4v) is 3.02. The summed E-state index contributed by atoms with van der Waals surface area (Å²) in [6, 6.07) is 13.5. The molecule has 2 aromatic rings. The summed E-state index contributed by atoms with van der Waals surface area (Å²) >= 11 is 0. The number of carbonyl (C=O) groups excluding carboxylic acids is 3. The largest absolute Gasteiger partial charge is 0.493 e. The summed E-state index contributed by atoms with van der Waals surface area (Å²) in [5.41, 5.74) is 1.46. The van der Waals surface area contributed by atoms with Crippen molar-refractivity contribution in [2.45, 2.75) is 26.7 Å². The van der Waals surface area contributed by atoms with E-state index in [-0.39, 0.29) is 18.3 Å². The molecule has 2 aromatic carbocycles. The predicted molar refractivity (Wildman–Crippen MR) is 109 cm³/mol. The number of anilines is 1. The van der Waals surface area contributed by atoms with Crippen LogP contribution in [0.15, 0.2) is 48.5 Å². The molecular weight excluding hydrogens is 370 g/mol. The Labute approximate surface area is 170 Å². The standard InChI is InChI=1S/C23H25NO5/c1-16(2)14-28-20-10-8-17(9-11-20)23(27)29-15-21(25)18-5-3-6-19(13-18)24-12-4-7-22(24)26/h3,5-6,8-11,13,16H,4,7,12,14-15H2,1-2H3. The SMILES string of the molecule is CC(C)COc1ccc(C(=O)OCC(=O)c2cccc(N3CCCC3=O)c2)cc1. The summed E-state index contributed by atoms with van der Waals surface area (Å²) in [7, 11) is 0. The van der Waals surface area contributed by atoms with Crippen molar-refractivity contribution >= 4 is 23.3 Å². The fourth-order valence-electron chi connectivity index (χ4n) is 3.02. The predicted octanol–water partition coefficient (Wildman–Crippen LogP) is 3.89. The minimum absolute atomic E-state index is 0.0573. The molecule has 1 amide bonds. The van der Waals surface area contributed by atoms with Crippen LogP contribution in [-0.2, 0) is 9.53 Å². The van der Waals surface area contributed by atoms with E-state index in [0.717, 1.165) is 6.42 Å². The van der Waals surface area contributed by atoms with Crippen LogP contribution in [0, 0.1) is 5.92 Å². The minimum Gasteiger partial charge on any atom is -0.493 e. The maximum Gasteiger partial charge on any atom is 0.338 e. The van der Waals surface area contributed by atoms with Crippen LogP contribution in [0.5, 0.6) is 5.75 Å². The van der Waals surface area contributed by atoms with Crippen molar-refractivity contribution in [2.24, 2.45) is 5.92 Å². The second-order valence-electron chi connectivity index (χ2n) is 7.43. The third-order valence-corrected chi connectivity index (χ3v) is 4.56. The summed E-state index contributed by atoms with van der Waals surface area (Å²) in [5.74, 6) is 0.262. The number of ether oxygens (including phenoxy) is 2. The second kappa shape index (κ2) is 9.37. The molecule has 0 bridgehead atoms. The van der Waals surface area contributed by atoms with Gasteiger partial charge in [-0.25, -0.2) is 4.79 Å². The van der Waals surface area contributed by atoms with Gasteiger partial charge in [0.1, 0.15) is 5.75 Å². The number of ketones is 1. The van der Waals surface area contributed by atoms with Crippen LogP contribution in [0.3, 0.4) is 0 Å². The Morgan fingerprint density at radius 2 is 1.83 bits per heavy atom. The molecule has 1 aliphatic heterocycles. The number of hydrogen-bond acceptors (Lipinski definition) is 5. The van der Waals surface area contributed by atoms with Crippen LogP contribution in [0.4, 0.5) is 5.69 Å². The van der Waals surface area contributed by atoms with Crippen molar-refractivity contribution in [3.63, 3.8) is 0 Å². The first-order valence-corrected chi connectivity index (χ1v) is 9.77. The zero-order valence-electron chi connectivity index (χ0n) is 16.7. The van der Waals surface area contributed by atoms with Gasteiger partial charge in [-0.15, -0.1) is 0 Å². The first kappa shape index (κ1) is 20.6. The quantitative estimate of drug-likeness (QED) is 0.501. The van der Waals surface area contributed by atoms with E-state index in [2.05, 4.69) is 13.8 Å². The number of esters is 1. The van der Waals surface area contributed by atoms with E-state index < -0.39 is 5.97 Å². The normalized spacial score (nSPS) is 13.6. The van der Waals surface area contributed by atoms with Crippen LogP contribution >= 0.6 is 0 Å². The summed E-state index contributed by atoms with van der Waals surface area (Å²) < 4.78 is 10.7. The molecule has 1 saturated heterocycles. The highest BCUT2D eigenvalue weighted by Gasteiger charge is 2.22. The molecule has 0 saturated carbocycles. The summed E-state index contributed by atoms with van der Waals surface area (Å²) in [6.45, 7) is 5.01. The van der Waals surface area contributed by atoms with E-state index in [9.17, 15) is 14.4 Å². The molecule has 0 radical (unpaired) electrons. The van der Waals surface area contributed by atoms with Crippen LogP contribution < -0.4 is 9.64 Å². The van der Waals surface area contributed by atoms with Crippen LogP contribution in [0.2, 0.25) is 0 Å². The molecule has 0 aromatic heterocycles. The first-order chi connectivity index (χ1) is 13.9. The molecule has 1 fully saturated rings. The maximum absolute atomic E-state index is 12.4. The minimum atomic E-state index is -0.570. The maximum atomic E-state index is 12.4. The van der Waals surface area contributed by atoms with Crippen molar-refractivity contribution in [2.75, 3.05) is 24.7 Å². The number of amides is 1. The molecule has 1 heterocycles. The molecule has 6 nitrogen and oxygen atoms in total. The summed E-state index contributed by atoms with van der Waals surface area (Å²) in [4.78, 5) is 38.2. The Kier molecular flexibility index (Phi) is 6.65. The summed E-state index contributed by atoms with van der Waals surface area (Å²) in [5, 5.41) is 0. The van der Waals surface area contributed by atoms with Gasteiger partial charge in [0.25, 0.3) is 0 Å². The number of Topliss-reactive ketones (excluding diaryl/α,β-unsaturated/α-hetero) is 1. The number of nitrogens with zero attached hydrogens (tertiary/aromatic N) is 1. The van der Waals surface area contributed by atoms with E-state index in [1.54, 1.807) is 53.4 Å². The Balaban J connectivity index is 1.56. The Morgan fingerprint density at radius 3 is 2.48 bits per heavy atom. The van der Waals surface area contributed by atoms with Gasteiger partial charge < -0.3 is 14.4 Å². The van der Waals surface area contributed by atoms with Gasteiger partial charge in [0, 0.05) is 24.2 Å². The van der Waals surface area contributed by atoms with Crippen molar-refractivity contribution in [1.82, 2.24) is 0 Å². The van der Waals surface area contributed by atoms with Gasteiger partial charge in [-0.3, -0.25) is 9.59 Å². The highest BCUT2D eigenvalue weighted by Crippen LogP contribution is 2.22. The average molecular weight is 395 g/mol. The molecule has 0 unspecified atom stereocenters. The number of rotatable bonds is 8. The van der Waals surface area contributed by atoms with Gasteiger partial charge in [-0.1, -0.05) is 26.0 Å². The number of hydrogen-bond donors (Lipinski definition) is 0. The fraction of sp³-hybridized carbons (Fsp3) is 0.348. The first-order valence-electron chi connectivity index (χ1n) is 9.77. The summed E-state index contributed by atoms with van der Waals surface area (Å²) in [6.07, 6.45) is 1.34. The van der Waals surface area contributed by atoms with Crippen molar-refractivity contribution in [3.8, 4) is 5.75 Å². The van der Waals surface area contributed by atoms with Crippen LogP contribution in [-0.4, -0.2) is 37.4 Å². The molecule has 0 N–H and O–H groups in total. The van der Waals surface area contributed by atoms with E-state index in [0.29, 0.717) is 48.1 Å². The van der Waals surface area contributed by atoms with E-state index in [1.165, 1.54) is 0 Å². The van der Waals surface area contributed by atoms with Gasteiger partial charge in [-0.2, -0.15) is 0 Å². The molecule has 3 rings (SSSR count). The van der Waals surface area contributed by atoms with E-state index >= 15 is 0 Å². The highest BCUT2D eigenvalue weighted by atomic mass is 16.5. The molecule has 0 atom stereocenters. The smallest absolute Gasteiger partial charge is 0.338 e. The average Bonchev–Trinajstić information content (AvgIpc) is 3.16. The Hall–Kier alpha value is -3.15. The number of benzene rings is 2. The van der Waals surface area contributed by atoms with Gasteiger partial charge in [-0.05, 0) is 48.7 Å². The van der Waals surface area contributed by atoms with Gasteiger partial charge in [0.2, 0.25) is 5.91 Å². The second-order valence-corrected chi connectivity index (χ2v) is 7.43. The van der Waals surface area contributed by atoms with Crippen molar-refractivity contribution in [3.05, 3.63) is 59.7 Å².